The second-order valence-corrected chi connectivity index (χ2v) is 16.6. The molecule has 3 fully saturated rings. The number of carbonyl (C=O) groups excluding carboxylic acids is 3. The molecular formula is C48H51N8O6+. The molecule has 0 bridgehead atoms. The summed E-state index contributed by atoms with van der Waals surface area (Å²) in [7, 11) is 0. The number of fused-ring (bicyclic) bond motifs is 4. The number of aliphatic imine (C=N–C) groups is 2. The lowest BCUT2D eigenvalue weighted by Gasteiger charge is -2.27. The second-order valence-electron chi connectivity index (χ2n) is 16.6. The third-order valence-corrected chi connectivity index (χ3v) is 12.7. The molecule has 3 N–H and O–H groups in total. The first-order valence-corrected chi connectivity index (χ1v) is 21.6. The summed E-state index contributed by atoms with van der Waals surface area (Å²) in [4.78, 5) is 66.0. The van der Waals surface area contributed by atoms with E-state index in [0.717, 1.165) is 109 Å². The largest absolute Gasteiger partial charge is 0.596 e. The van der Waals surface area contributed by atoms with Crippen LogP contribution in [-0.2, 0) is 11.3 Å². The first kappa shape index (κ1) is 40.6. The molecule has 10 rings (SSSR count). The van der Waals surface area contributed by atoms with Gasteiger partial charge >= 0.3 is 12.2 Å². The number of nitrogens with two attached hydrogens (primary N) is 1. The Kier molecular flexibility index (Phi) is 11.1. The van der Waals surface area contributed by atoms with Gasteiger partial charge in [-0.05, 0) is 116 Å². The number of amides is 4. The molecule has 1 spiro atoms. The van der Waals surface area contributed by atoms with Crippen LogP contribution in [0, 0.1) is 0 Å². The molecule has 0 unspecified atom stereocenters. The van der Waals surface area contributed by atoms with Crippen LogP contribution in [0.2, 0.25) is 0 Å². The summed E-state index contributed by atoms with van der Waals surface area (Å²) in [5, 5.41) is 9.65. The van der Waals surface area contributed by atoms with E-state index in [9.17, 15) is 24.3 Å². The number of ether oxygens (including phenoxy) is 1. The van der Waals surface area contributed by atoms with E-state index in [1.54, 1.807) is 11.5 Å². The van der Waals surface area contributed by atoms with Crippen molar-refractivity contribution in [3.8, 4) is 22.3 Å². The molecule has 14 heteroatoms. The van der Waals surface area contributed by atoms with Gasteiger partial charge < -0.3 is 30.3 Å². The van der Waals surface area contributed by atoms with Gasteiger partial charge in [0.15, 0.2) is 12.1 Å². The third kappa shape index (κ3) is 7.92. The number of nitrogens with zero attached hydrogens (tertiary/aromatic N) is 7. The van der Waals surface area contributed by atoms with Crippen molar-refractivity contribution in [1.29, 1.82) is 0 Å². The fourth-order valence-electron chi connectivity index (χ4n) is 9.03. The summed E-state index contributed by atoms with van der Waals surface area (Å²) in [5.74, 6) is 1.44. The zero-order chi connectivity index (χ0) is 43.0. The first-order valence-electron chi connectivity index (χ1n) is 21.6. The highest BCUT2D eigenvalue weighted by atomic mass is 16.5. The number of amidine groups is 2. The van der Waals surface area contributed by atoms with E-state index in [4.69, 9.17) is 10.5 Å². The van der Waals surface area contributed by atoms with Crippen molar-refractivity contribution in [2.75, 3.05) is 57.3 Å². The zero-order valence-corrected chi connectivity index (χ0v) is 35.0. The molecule has 318 valence electrons. The van der Waals surface area contributed by atoms with E-state index in [2.05, 4.69) is 21.0 Å². The number of hydrogen-bond acceptors (Lipinski definition) is 9. The topological polar surface area (TPSA) is 164 Å². The minimum Gasteiger partial charge on any atom is -0.465 e. The van der Waals surface area contributed by atoms with Crippen LogP contribution in [0.4, 0.5) is 21.0 Å². The highest BCUT2D eigenvalue weighted by molar-refractivity contribution is 6.07. The van der Waals surface area contributed by atoms with Crippen LogP contribution in [0.5, 0.6) is 0 Å². The maximum Gasteiger partial charge on any atom is 0.596 e. The fraction of sp³-hybridized carbons (Fsp3) is 0.354. The normalized spacial score (nSPS) is 18.2. The summed E-state index contributed by atoms with van der Waals surface area (Å²) in [6, 6.07) is 27.5. The predicted molar refractivity (Wildman–Crippen MR) is 238 cm³/mol. The summed E-state index contributed by atoms with van der Waals surface area (Å²) in [5.41, 5.74) is 14.6. The van der Waals surface area contributed by atoms with Gasteiger partial charge in [0, 0.05) is 43.9 Å². The van der Waals surface area contributed by atoms with Crippen LogP contribution in [0.3, 0.4) is 0 Å². The molecule has 1 aliphatic carbocycles. The standard InChI is InChI=1S/C25H27N4O3.C23H24N4O3/c1-2-32-25(31)28-16-21-10-9-20(15-22(21)29-14-11-26-23(29)17-28)18-5-7-19(8-6-18)24(30)27-12-3-4-13-27;24-21-23(9-10-23)27(22(29)30)14-18-8-7-17(13-19(18)25-21)15-3-5-16(6-4-15)20(28)26-11-1-2-12-26/h5-10,15-16H,2-4,11-14,17H2,1H3;3-8,13H,1-2,9-12,14H2,(H2,24,25)(H,29,30)/q+1;. The molecule has 4 aromatic rings. The monoisotopic (exact) mass is 835 g/mol. The Morgan fingerprint density at radius 2 is 1.32 bits per heavy atom. The lowest BCUT2D eigenvalue weighted by atomic mass is 10.0. The summed E-state index contributed by atoms with van der Waals surface area (Å²) in [6.45, 7) is 7.69. The Bertz CT molecular complexity index is 2520. The lowest BCUT2D eigenvalue weighted by molar-refractivity contribution is -0.425. The van der Waals surface area contributed by atoms with Crippen LogP contribution in [0.25, 0.3) is 22.3 Å². The maximum absolute atomic E-state index is 12.6. The Morgan fingerprint density at radius 1 is 0.758 bits per heavy atom. The average Bonchev–Trinajstić information content (AvgIpc) is 3.62. The number of carboxylic acid groups (broad SMARTS) is 1. The van der Waals surface area contributed by atoms with E-state index in [1.807, 2.05) is 94.9 Å². The Labute approximate surface area is 360 Å². The van der Waals surface area contributed by atoms with E-state index in [0.29, 0.717) is 49.6 Å². The van der Waals surface area contributed by atoms with Gasteiger partial charge in [0.2, 0.25) is 6.54 Å². The molecule has 6 aliphatic rings. The number of hydrogen-bond donors (Lipinski definition) is 2. The smallest absolute Gasteiger partial charge is 0.465 e. The number of carbonyl (C=O) groups is 4. The van der Waals surface area contributed by atoms with Crippen molar-refractivity contribution < 1.29 is 33.6 Å². The molecular weight excluding hydrogens is 785 g/mol. The molecule has 14 nitrogen and oxygen atoms in total. The highest BCUT2D eigenvalue weighted by Gasteiger charge is 2.55. The van der Waals surface area contributed by atoms with Crippen molar-refractivity contribution in [1.82, 2.24) is 14.7 Å². The average molecular weight is 836 g/mol. The van der Waals surface area contributed by atoms with Gasteiger partial charge in [-0.1, -0.05) is 42.5 Å². The minimum absolute atomic E-state index is 0.0850. The third-order valence-electron chi connectivity index (χ3n) is 12.7. The minimum atomic E-state index is -0.971. The van der Waals surface area contributed by atoms with E-state index >= 15 is 0 Å². The van der Waals surface area contributed by atoms with Crippen molar-refractivity contribution in [2.24, 2.45) is 15.7 Å². The molecule has 5 heterocycles. The van der Waals surface area contributed by atoms with Crippen molar-refractivity contribution in [3.05, 3.63) is 107 Å². The second kappa shape index (κ2) is 16.9. The van der Waals surface area contributed by atoms with Crippen molar-refractivity contribution in [3.63, 3.8) is 0 Å². The maximum atomic E-state index is 12.6. The molecule has 0 atom stereocenters. The quantitative estimate of drug-likeness (QED) is 0.203. The zero-order valence-electron chi connectivity index (χ0n) is 35.0. The van der Waals surface area contributed by atoms with Gasteiger partial charge in [0.1, 0.15) is 11.4 Å². The Morgan fingerprint density at radius 3 is 1.89 bits per heavy atom. The lowest BCUT2D eigenvalue weighted by Crippen LogP contribution is -2.48. The van der Waals surface area contributed by atoms with Gasteiger partial charge in [-0.2, -0.15) is 4.79 Å². The van der Waals surface area contributed by atoms with Crippen LogP contribution >= 0.6 is 0 Å². The molecule has 62 heavy (non-hydrogen) atoms. The van der Waals surface area contributed by atoms with Gasteiger partial charge in [-0.25, -0.2) is 9.79 Å². The number of likely N-dealkylation sites (tertiary alicyclic amines) is 2. The highest BCUT2D eigenvalue weighted by Crippen LogP contribution is 2.46. The van der Waals surface area contributed by atoms with Crippen LogP contribution in [0.15, 0.2) is 94.9 Å². The molecule has 1 saturated carbocycles. The number of anilines is 1. The molecule has 0 aromatic heterocycles. The van der Waals surface area contributed by atoms with Gasteiger partial charge in [0.25, 0.3) is 11.8 Å². The predicted octanol–water partition coefficient (Wildman–Crippen LogP) is 7.01. The van der Waals surface area contributed by atoms with Gasteiger partial charge in [0.05, 0.1) is 36.6 Å². The summed E-state index contributed by atoms with van der Waals surface area (Å²) < 4.78 is 6.80. The molecule has 4 aromatic carbocycles. The number of benzene rings is 4. The van der Waals surface area contributed by atoms with Crippen LogP contribution < -0.4 is 10.6 Å². The van der Waals surface area contributed by atoms with Gasteiger partial charge in [-0.15, -0.1) is 4.58 Å². The summed E-state index contributed by atoms with van der Waals surface area (Å²) >= 11 is 0. The fourth-order valence-corrected chi connectivity index (χ4v) is 9.03. The van der Waals surface area contributed by atoms with Crippen LogP contribution in [-0.4, -0.2) is 124 Å². The Balaban J connectivity index is 0.000000158. The van der Waals surface area contributed by atoms with Crippen LogP contribution in [0.1, 0.15) is 77.3 Å². The number of rotatable bonds is 5. The molecule has 5 aliphatic heterocycles. The SMILES string of the molecule is CCOC(=O)[N+]1=Cc2ccc(-c3ccc(C(=O)N4CCCC4)cc3)cc2N2CCN=C2C1.NC1=Nc2cc(-c3ccc(C(=O)N4CCCC4)cc3)ccc2CN(C(=O)O)C12CC2. The van der Waals surface area contributed by atoms with E-state index in [-0.39, 0.29) is 24.5 Å². The van der Waals surface area contributed by atoms with E-state index < -0.39 is 11.6 Å². The molecule has 2 saturated heterocycles. The van der Waals surface area contributed by atoms with Crippen molar-refractivity contribution in [2.45, 2.75) is 57.5 Å². The molecule has 4 amide bonds. The first-order chi connectivity index (χ1) is 30.1. The Hall–Kier alpha value is -6.83. The van der Waals surface area contributed by atoms with Gasteiger partial charge in [-0.3, -0.25) is 19.5 Å². The summed E-state index contributed by atoms with van der Waals surface area (Å²) in [6.07, 6.45) is 6.25. The van der Waals surface area contributed by atoms with E-state index in [1.165, 1.54) is 4.90 Å². The molecule has 0 radical (unpaired) electrons. The van der Waals surface area contributed by atoms with Crippen molar-refractivity contribution >= 4 is 53.3 Å².